The summed E-state index contributed by atoms with van der Waals surface area (Å²) in [5.74, 6) is -0.571. The molecule has 19 heavy (non-hydrogen) atoms. The van der Waals surface area contributed by atoms with Crippen molar-refractivity contribution in [3.8, 4) is 0 Å². The molecule has 1 aromatic rings. The predicted octanol–water partition coefficient (Wildman–Crippen LogP) is 0.928. The molecule has 6 heteroatoms. The second kappa shape index (κ2) is 4.85. The number of halogens is 1. The van der Waals surface area contributed by atoms with Crippen LogP contribution in [-0.4, -0.2) is 40.2 Å². The Morgan fingerprint density at radius 2 is 1.95 bits per heavy atom. The van der Waals surface area contributed by atoms with Gasteiger partial charge in [0, 0.05) is 31.2 Å². The van der Waals surface area contributed by atoms with Gasteiger partial charge in [-0.25, -0.2) is 12.8 Å². The number of ether oxygens (including phenoxy) is 1. The number of hydrogen-bond acceptors (Lipinski definition) is 4. The Bertz CT molecular complexity index is 558. The number of methoxy groups -OCH3 is 1. The van der Waals surface area contributed by atoms with Crippen molar-refractivity contribution in [3.05, 3.63) is 35.6 Å². The average Bonchev–Trinajstić information content (AvgIpc) is 3.00. The monoisotopic (exact) mass is 287 g/mol. The molecule has 0 heterocycles. The van der Waals surface area contributed by atoms with Crippen LogP contribution in [0.25, 0.3) is 0 Å². The van der Waals surface area contributed by atoms with E-state index in [0.29, 0.717) is 0 Å². The molecule has 1 aromatic carbocycles. The van der Waals surface area contributed by atoms with Crippen LogP contribution in [0.1, 0.15) is 11.5 Å². The number of hydrogen-bond donors (Lipinski definition) is 1. The lowest BCUT2D eigenvalue weighted by Crippen LogP contribution is -2.28. The molecular weight excluding hydrogens is 269 g/mol. The van der Waals surface area contributed by atoms with Gasteiger partial charge in [-0.05, 0) is 17.7 Å². The van der Waals surface area contributed by atoms with Crippen molar-refractivity contribution in [2.24, 2.45) is 11.1 Å². The van der Waals surface area contributed by atoms with E-state index in [2.05, 4.69) is 0 Å². The Kier molecular flexibility index (Phi) is 3.68. The van der Waals surface area contributed by atoms with Gasteiger partial charge in [0.15, 0.2) is 9.84 Å². The fourth-order valence-corrected chi connectivity index (χ4v) is 5.05. The van der Waals surface area contributed by atoms with Gasteiger partial charge in [-0.2, -0.15) is 0 Å². The smallest absolute Gasteiger partial charge is 0.151 e. The van der Waals surface area contributed by atoms with E-state index in [-0.39, 0.29) is 24.9 Å². The molecule has 0 amide bonds. The zero-order chi connectivity index (χ0) is 14.3. The van der Waals surface area contributed by atoms with Crippen molar-refractivity contribution in [2.75, 3.05) is 26.5 Å². The molecule has 1 aliphatic rings. The quantitative estimate of drug-likeness (QED) is 0.874. The van der Waals surface area contributed by atoms with Crippen LogP contribution < -0.4 is 5.73 Å². The third kappa shape index (κ3) is 2.40. The molecule has 1 saturated carbocycles. The van der Waals surface area contributed by atoms with Crippen molar-refractivity contribution in [1.82, 2.24) is 0 Å². The summed E-state index contributed by atoms with van der Waals surface area (Å²) in [6, 6.07) is 5.90. The van der Waals surface area contributed by atoms with Crippen LogP contribution in [0.5, 0.6) is 0 Å². The fourth-order valence-electron chi connectivity index (χ4n) is 3.05. The van der Waals surface area contributed by atoms with E-state index >= 15 is 0 Å². The molecule has 0 aliphatic heterocycles. The largest absolute Gasteiger partial charge is 0.384 e. The third-order valence-corrected chi connectivity index (χ3v) is 5.53. The molecule has 0 aromatic heterocycles. The summed E-state index contributed by atoms with van der Waals surface area (Å²) >= 11 is 0. The van der Waals surface area contributed by atoms with E-state index in [0.717, 1.165) is 5.56 Å². The Labute approximate surface area is 112 Å². The lowest BCUT2D eigenvalue weighted by molar-refractivity contribution is 0.142. The lowest BCUT2D eigenvalue weighted by Gasteiger charge is -2.14. The maximum Gasteiger partial charge on any atom is 0.151 e. The first-order valence-corrected chi connectivity index (χ1v) is 7.95. The summed E-state index contributed by atoms with van der Waals surface area (Å²) < 4.78 is 41.9. The van der Waals surface area contributed by atoms with E-state index in [9.17, 15) is 12.8 Å². The molecule has 0 spiro atoms. The first-order valence-electron chi connectivity index (χ1n) is 6.00. The van der Waals surface area contributed by atoms with Crippen LogP contribution in [0.3, 0.4) is 0 Å². The summed E-state index contributed by atoms with van der Waals surface area (Å²) in [4.78, 5) is 0. The van der Waals surface area contributed by atoms with Crippen LogP contribution in [0, 0.1) is 11.2 Å². The highest BCUT2D eigenvalue weighted by Crippen LogP contribution is 2.62. The van der Waals surface area contributed by atoms with Crippen LogP contribution in [0.15, 0.2) is 24.3 Å². The van der Waals surface area contributed by atoms with Crippen LogP contribution in [-0.2, 0) is 14.6 Å². The summed E-state index contributed by atoms with van der Waals surface area (Å²) in [6.07, 6.45) is 1.21. The third-order valence-electron chi connectivity index (χ3n) is 3.86. The molecule has 3 atom stereocenters. The van der Waals surface area contributed by atoms with E-state index < -0.39 is 20.5 Å². The summed E-state index contributed by atoms with van der Waals surface area (Å²) in [6.45, 7) is 0.504. The molecule has 2 rings (SSSR count). The van der Waals surface area contributed by atoms with E-state index in [4.69, 9.17) is 10.5 Å². The topological polar surface area (TPSA) is 69.4 Å². The maximum absolute atomic E-state index is 13.0. The molecule has 4 nitrogen and oxygen atoms in total. The molecule has 3 unspecified atom stereocenters. The highest BCUT2D eigenvalue weighted by Gasteiger charge is 2.69. The number of nitrogens with two attached hydrogens (primary N) is 1. The van der Waals surface area contributed by atoms with Crippen LogP contribution >= 0.6 is 0 Å². The zero-order valence-electron chi connectivity index (χ0n) is 11.0. The van der Waals surface area contributed by atoms with Crippen molar-refractivity contribution in [2.45, 2.75) is 11.2 Å². The first-order chi connectivity index (χ1) is 8.86. The van der Waals surface area contributed by atoms with Gasteiger partial charge in [0.05, 0.1) is 11.9 Å². The molecule has 0 saturated heterocycles. The standard InChI is InChI=1S/C13H18FNO3S/c1-18-8-13(7-15)11(12(13)19(2,16)17)9-3-5-10(14)6-4-9/h3-6,11-12H,7-8,15H2,1-2H3. The second-order valence-corrected chi connectivity index (χ2v) is 7.32. The Balaban J connectivity index is 2.40. The Morgan fingerprint density at radius 3 is 2.37 bits per heavy atom. The van der Waals surface area contributed by atoms with E-state index in [1.54, 1.807) is 12.1 Å². The molecule has 0 radical (unpaired) electrons. The molecule has 0 bridgehead atoms. The van der Waals surface area contributed by atoms with Crippen LogP contribution in [0.2, 0.25) is 0 Å². The van der Waals surface area contributed by atoms with E-state index in [1.807, 2.05) is 0 Å². The van der Waals surface area contributed by atoms with Gasteiger partial charge in [-0.1, -0.05) is 12.1 Å². The summed E-state index contributed by atoms with van der Waals surface area (Å²) in [7, 11) is -1.71. The van der Waals surface area contributed by atoms with Gasteiger partial charge in [-0.15, -0.1) is 0 Å². The molecule has 2 N–H and O–H groups in total. The fraction of sp³-hybridized carbons (Fsp3) is 0.538. The molecule has 1 aliphatic carbocycles. The number of sulfone groups is 1. The maximum atomic E-state index is 13.0. The van der Waals surface area contributed by atoms with Gasteiger partial charge in [0.1, 0.15) is 5.82 Å². The first kappa shape index (κ1) is 14.4. The molecule has 106 valence electrons. The zero-order valence-corrected chi connectivity index (χ0v) is 11.8. The lowest BCUT2D eigenvalue weighted by atomic mass is 10.00. The van der Waals surface area contributed by atoms with Gasteiger partial charge < -0.3 is 10.5 Å². The highest BCUT2D eigenvalue weighted by molar-refractivity contribution is 7.91. The Morgan fingerprint density at radius 1 is 1.37 bits per heavy atom. The van der Waals surface area contributed by atoms with Crippen molar-refractivity contribution >= 4 is 9.84 Å². The van der Waals surface area contributed by atoms with Gasteiger partial charge in [0.25, 0.3) is 0 Å². The molecule has 1 fully saturated rings. The van der Waals surface area contributed by atoms with Crippen molar-refractivity contribution in [1.29, 1.82) is 0 Å². The normalized spacial score (nSPS) is 30.3. The number of rotatable bonds is 5. The van der Waals surface area contributed by atoms with Crippen molar-refractivity contribution < 1.29 is 17.5 Å². The minimum atomic E-state index is -3.23. The minimum absolute atomic E-state index is 0.223. The van der Waals surface area contributed by atoms with Gasteiger partial charge in [-0.3, -0.25) is 0 Å². The Hall–Kier alpha value is -0.980. The molecular formula is C13H18FNO3S. The van der Waals surface area contributed by atoms with Crippen LogP contribution in [0.4, 0.5) is 4.39 Å². The highest BCUT2D eigenvalue weighted by atomic mass is 32.2. The predicted molar refractivity (Wildman–Crippen MR) is 71.1 cm³/mol. The van der Waals surface area contributed by atoms with Crippen molar-refractivity contribution in [3.63, 3.8) is 0 Å². The minimum Gasteiger partial charge on any atom is -0.384 e. The summed E-state index contributed by atoms with van der Waals surface area (Å²) in [5, 5.41) is -0.560. The van der Waals surface area contributed by atoms with E-state index in [1.165, 1.54) is 25.5 Å². The average molecular weight is 287 g/mol. The van der Waals surface area contributed by atoms with Gasteiger partial charge in [0.2, 0.25) is 0 Å². The number of benzene rings is 1. The summed E-state index contributed by atoms with van der Waals surface area (Å²) in [5.41, 5.74) is 5.98. The second-order valence-electron chi connectivity index (χ2n) is 5.15. The van der Waals surface area contributed by atoms with Gasteiger partial charge >= 0.3 is 0 Å². The SMILES string of the molecule is COCC1(CN)C(c2ccc(F)cc2)C1S(C)(=O)=O.